The van der Waals surface area contributed by atoms with Crippen LogP contribution in [0.15, 0.2) is 0 Å². The van der Waals surface area contributed by atoms with Gasteiger partial charge in [-0.25, -0.2) is 0 Å². The molecule has 1 saturated carbocycles. The first-order valence-electron chi connectivity index (χ1n) is 8.87. The van der Waals surface area contributed by atoms with E-state index in [1.165, 1.54) is 32.1 Å². The van der Waals surface area contributed by atoms with Crippen molar-refractivity contribution in [2.75, 3.05) is 19.6 Å². The Labute approximate surface area is 129 Å². The zero-order chi connectivity index (χ0) is 15.2. The molecule has 0 aromatic heterocycles. The largest absolute Gasteiger partial charge is 0.353 e. The van der Waals surface area contributed by atoms with Crippen LogP contribution in [0.25, 0.3) is 0 Å². The Morgan fingerprint density at radius 1 is 1.33 bits per heavy atom. The van der Waals surface area contributed by atoms with E-state index in [2.05, 4.69) is 24.1 Å². The van der Waals surface area contributed by atoms with E-state index in [-0.39, 0.29) is 5.91 Å². The Hall–Kier alpha value is -0.610. The summed E-state index contributed by atoms with van der Waals surface area (Å²) < 4.78 is 0. The summed E-state index contributed by atoms with van der Waals surface area (Å²) in [6, 6.07) is 0.654. The van der Waals surface area contributed by atoms with E-state index in [1.807, 2.05) is 0 Å². The van der Waals surface area contributed by atoms with E-state index in [0.29, 0.717) is 24.5 Å². The SMILES string of the molecule is CCCCCC(C)NC(=O)CN1CC2CCCC(N)C2C1. The standard InChI is InChI=1S/C17H33N3O/c1-3-4-5-7-13(2)19-17(21)12-20-10-14-8-6-9-16(18)15(14)11-20/h13-16H,3-12,18H2,1-2H3,(H,19,21). The monoisotopic (exact) mass is 295 g/mol. The third-order valence-corrected chi connectivity index (χ3v) is 5.24. The number of hydrogen-bond donors (Lipinski definition) is 2. The van der Waals surface area contributed by atoms with Gasteiger partial charge in [-0.05, 0) is 38.0 Å². The molecule has 4 nitrogen and oxygen atoms in total. The van der Waals surface area contributed by atoms with Crippen LogP contribution in [0.2, 0.25) is 0 Å². The minimum Gasteiger partial charge on any atom is -0.353 e. The van der Waals surface area contributed by atoms with Crippen molar-refractivity contribution in [2.45, 2.75) is 70.9 Å². The van der Waals surface area contributed by atoms with Gasteiger partial charge in [0.15, 0.2) is 0 Å². The van der Waals surface area contributed by atoms with Crippen molar-refractivity contribution < 1.29 is 4.79 Å². The lowest BCUT2D eigenvalue weighted by atomic mass is 9.78. The molecule has 2 rings (SSSR count). The van der Waals surface area contributed by atoms with Crippen LogP contribution < -0.4 is 11.1 Å². The molecule has 0 radical (unpaired) electrons. The van der Waals surface area contributed by atoms with Crippen LogP contribution in [0.3, 0.4) is 0 Å². The normalized spacial score (nSPS) is 30.9. The van der Waals surface area contributed by atoms with Gasteiger partial charge in [0.2, 0.25) is 5.91 Å². The quantitative estimate of drug-likeness (QED) is 0.707. The van der Waals surface area contributed by atoms with Gasteiger partial charge in [0, 0.05) is 25.2 Å². The average Bonchev–Trinajstić information content (AvgIpc) is 2.82. The number of carbonyl (C=O) groups is 1. The van der Waals surface area contributed by atoms with Crippen LogP contribution in [0.1, 0.15) is 58.8 Å². The second-order valence-corrected chi connectivity index (χ2v) is 7.18. The smallest absolute Gasteiger partial charge is 0.234 e. The van der Waals surface area contributed by atoms with Crippen molar-refractivity contribution >= 4 is 5.91 Å². The highest BCUT2D eigenvalue weighted by Crippen LogP contribution is 2.35. The van der Waals surface area contributed by atoms with Crippen molar-refractivity contribution in [3.63, 3.8) is 0 Å². The molecule has 0 aromatic carbocycles. The number of nitrogens with two attached hydrogens (primary N) is 1. The average molecular weight is 295 g/mol. The molecule has 122 valence electrons. The lowest BCUT2D eigenvalue weighted by Crippen LogP contribution is -2.41. The molecule has 1 aliphatic heterocycles. The van der Waals surface area contributed by atoms with Crippen molar-refractivity contribution in [3.05, 3.63) is 0 Å². The highest BCUT2D eigenvalue weighted by Gasteiger charge is 2.38. The molecular weight excluding hydrogens is 262 g/mol. The van der Waals surface area contributed by atoms with Gasteiger partial charge in [-0.15, -0.1) is 0 Å². The second-order valence-electron chi connectivity index (χ2n) is 7.18. The van der Waals surface area contributed by atoms with Crippen LogP contribution in [0.4, 0.5) is 0 Å². The molecule has 0 aromatic rings. The van der Waals surface area contributed by atoms with Crippen molar-refractivity contribution in [2.24, 2.45) is 17.6 Å². The van der Waals surface area contributed by atoms with Gasteiger partial charge in [0.05, 0.1) is 6.54 Å². The van der Waals surface area contributed by atoms with Gasteiger partial charge in [-0.2, -0.15) is 0 Å². The predicted molar refractivity (Wildman–Crippen MR) is 87.0 cm³/mol. The van der Waals surface area contributed by atoms with E-state index >= 15 is 0 Å². The predicted octanol–water partition coefficient (Wildman–Crippen LogP) is 2.13. The number of amides is 1. The van der Waals surface area contributed by atoms with Gasteiger partial charge < -0.3 is 11.1 Å². The number of likely N-dealkylation sites (tertiary alicyclic amines) is 1. The number of unbranched alkanes of at least 4 members (excludes halogenated alkanes) is 2. The maximum atomic E-state index is 12.1. The van der Waals surface area contributed by atoms with Crippen molar-refractivity contribution in [1.82, 2.24) is 10.2 Å². The molecule has 2 aliphatic rings. The van der Waals surface area contributed by atoms with Gasteiger partial charge in [-0.1, -0.05) is 32.6 Å². The van der Waals surface area contributed by atoms with Gasteiger partial charge in [-0.3, -0.25) is 9.69 Å². The fourth-order valence-corrected chi connectivity index (χ4v) is 4.03. The van der Waals surface area contributed by atoms with Crippen LogP contribution in [0, 0.1) is 11.8 Å². The molecule has 4 heteroatoms. The highest BCUT2D eigenvalue weighted by molar-refractivity contribution is 5.78. The fourth-order valence-electron chi connectivity index (χ4n) is 4.03. The Morgan fingerprint density at radius 3 is 2.86 bits per heavy atom. The minimum absolute atomic E-state index is 0.186. The molecule has 0 bridgehead atoms. The zero-order valence-electron chi connectivity index (χ0n) is 13.8. The maximum absolute atomic E-state index is 12.1. The molecule has 1 heterocycles. The number of rotatable bonds is 7. The number of fused-ring (bicyclic) bond motifs is 1. The van der Waals surface area contributed by atoms with E-state index in [1.54, 1.807) is 0 Å². The first kappa shape index (κ1) is 16.8. The highest BCUT2D eigenvalue weighted by atomic mass is 16.2. The number of nitrogens with zero attached hydrogens (tertiary/aromatic N) is 1. The first-order valence-corrected chi connectivity index (χ1v) is 8.87. The van der Waals surface area contributed by atoms with Crippen LogP contribution in [-0.4, -0.2) is 42.5 Å². The maximum Gasteiger partial charge on any atom is 0.234 e. The Kier molecular flexibility index (Phi) is 6.49. The molecule has 4 atom stereocenters. The van der Waals surface area contributed by atoms with Gasteiger partial charge in [0.25, 0.3) is 0 Å². The molecule has 21 heavy (non-hydrogen) atoms. The zero-order valence-corrected chi connectivity index (χ0v) is 13.8. The first-order chi connectivity index (χ1) is 10.1. The molecule has 3 N–H and O–H groups in total. The molecular formula is C17H33N3O. The summed E-state index contributed by atoms with van der Waals surface area (Å²) in [4.78, 5) is 14.5. The van der Waals surface area contributed by atoms with Crippen LogP contribution >= 0.6 is 0 Å². The summed E-state index contributed by atoms with van der Waals surface area (Å²) in [5.74, 6) is 1.53. The lowest BCUT2D eigenvalue weighted by molar-refractivity contribution is -0.122. The third kappa shape index (κ3) is 4.96. The molecule has 0 spiro atoms. The molecule has 1 saturated heterocycles. The van der Waals surface area contributed by atoms with E-state index in [0.717, 1.165) is 31.8 Å². The van der Waals surface area contributed by atoms with E-state index in [9.17, 15) is 4.79 Å². The summed E-state index contributed by atoms with van der Waals surface area (Å²) in [7, 11) is 0. The van der Waals surface area contributed by atoms with Crippen LogP contribution in [0.5, 0.6) is 0 Å². The summed E-state index contributed by atoms with van der Waals surface area (Å²) in [5.41, 5.74) is 6.23. The number of hydrogen-bond acceptors (Lipinski definition) is 3. The Balaban J connectivity index is 1.69. The summed E-state index contributed by atoms with van der Waals surface area (Å²) in [6.07, 6.45) is 8.51. The Morgan fingerprint density at radius 2 is 2.14 bits per heavy atom. The molecule has 1 aliphatic carbocycles. The summed E-state index contributed by atoms with van der Waals surface area (Å²) in [5, 5.41) is 3.15. The molecule has 2 fully saturated rings. The molecule has 1 amide bonds. The number of carbonyl (C=O) groups excluding carboxylic acids is 1. The van der Waals surface area contributed by atoms with E-state index in [4.69, 9.17) is 5.73 Å². The third-order valence-electron chi connectivity index (χ3n) is 5.24. The molecule has 4 unspecified atom stereocenters. The number of nitrogens with one attached hydrogen (secondary N) is 1. The summed E-state index contributed by atoms with van der Waals surface area (Å²) >= 11 is 0. The summed E-state index contributed by atoms with van der Waals surface area (Å²) in [6.45, 7) is 6.96. The Bertz CT molecular complexity index is 334. The van der Waals surface area contributed by atoms with E-state index < -0.39 is 0 Å². The van der Waals surface area contributed by atoms with Crippen molar-refractivity contribution in [1.29, 1.82) is 0 Å². The topological polar surface area (TPSA) is 58.4 Å². The fraction of sp³-hybridized carbons (Fsp3) is 0.941. The van der Waals surface area contributed by atoms with Crippen LogP contribution in [-0.2, 0) is 4.79 Å². The van der Waals surface area contributed by atoms with Gasteiger partial charge >= 0.3 is 0 Å². The lowest BCUT2D eigenvalue weighted by Gasteiger charge is -2.29. The van der Waals surface area contributed by atoms with Crippen molar-refractivity contribution in [3.8, 4) is 0 Å². The van der Waals surface area contributed by atoms with Gasteiger partial charge in [0.1, 0.15) is 0 Å². The minimum atomic E-state index is 0.186. The second kappa shape index (κ2) is 8.14.